The molecule has 0 bridgehead atoms. The number of carbonyl (C=O) groups excluding carboxylic acids is 1. The number of benzene rings is 1. The second-order valence-corrected chi connectivity index (χ2v) is 4.82. The highest BCUT2D eigenvalue weighted by atomic mass is 35.5. The van der Waals surface area contributed by atoms with Crippen LogP contribution >= 0.6 is 11.6 Å². The summed E-state index contributed by atoms with van der Waals surface area (Å²) in [6.07, 6.45) is 0. The van der Waals surface area contributed by atoms with Gasteiger partial charge in [-0.1, -0.05) is 18.2 Å². The molecule has 0 atom stereocenters. The Hall–Kier alpha value is -1.02. The highest BCUT2D eigenvalue weighted by molar-refractivity contribution is 6.27. The van der Waals surface area contributed by atoms with Gasteiger partial charge >= 0.3 is 0 Å². The minimum atomic E-state index is -0.387. The summed E-state index contributed by atoms with van der Waals surface area (Å²) in [6, 6.07) is 6.11. The van der Waals surface area contributed by atoms with Gasteiger partial charge in [0.25, 0.3) is 0 Å². The molecule has 0 spiro atoms. The van der Waals surface area contributed by atoms with Crippen molar-refractivity contribution in [2.24, 2.45) is 0 Å². The number of carbonyl (C=O) groups is 1. The average Bonchev–Trinajstić information content (AvgIpc) is 2.21. The second-order valence-electron chi connectivity index (χ2n) is 4.55. The number of rotatable bonds is 3. The normalized spacial score (nSPS) is 11.3. The maximum Gasteiger partial charge on any atom is 0.235 e. The van der Waals surface area contributed by atoms with E-state index in [9.17, 15) is 4.79 Å². The van der Waals surface area contributed by atoms with Crippen LogP contribution in [0, 0.1) is 13.8 Å². The van der Waals surface area contributed by atoms with Crippen LogP contribution in [0.1, 0.15) is 30.5 Å². The number of alkyl halides is 1. The van der Waals surface area contributed by atoms with Gasteiger partial charge in [-0.15, -0.1) is 11.6 Å². The number of amides is 1. The van der Waals surface area contributed by atoms with Gasteiger partial charge in [-0.25, -0.2) is 0 Å². The van der Waals surface area contributed by atoms with Crippen LogP contribution in [0.15, 0.2) is 18.2 Å². The van der Waals surface area contributed by atoms with Gasteiger partial charge in [0, 0.05) is 0 Å². The van der Waals surface area contributed by atoms with Crippen LogP contribution < -0.4 is 5.32 Å². The fraction of sp³-hybridized carbons (Fsp3) is 0.462. The minimum absolute atomic E-state index is 0.00566. The van der Waals surface area contributed by atoms with Crippen molar-refractivity contribution in [2.75, 3.05) is 5.88 Å². The van der Waals surface area contributed by atoms with Crippen LogP contribution in [-0.4, -0.2) is 11.8 Å². The first-order valence-corrected chi connectivity index (χ1v) is 5.85. The molecule has 0 heterocycles. The highest BCUT2D eigenvalue weighted by Crippen LogP contribution is 2.25. The predicted octanol–water partition coefficient (Wildman–Crippen LogP) is 2.89. The van der Waals surface area contributed by atoms with Gasteiger partial charge in [-0.05, 0) is 44.4 Å². The van der Waals surface area contributed by atoms with Crippen molar-refractivity contribution < 1.29 is 4.79 Å². The summed E-state index contributed by atoms with van der Waals surface area (Å²) >= 11 is 5.50. The zero-order valence-corrected chi connectivity index (χ0v) is 11.0. The van der Waals surface area contributed by atoms with Gasteiger partial charge in [-0.3, -0.25) is 4.79 Å². The molecule has 0 radical (unpaired) electrons. The summed E-state index contributed by atoms with van der Waals surface area (Å²) in [4.78, 5) is 11.4. The van der Waals surface area contributed by atoms with Gasteiger partial charge in [0.15, 0.2) is 0 Å². The first kappa shape index (κ1) is 13.0. The van der Waals surface area contributed by atoms with Crippen LogP contribution in [-0.2, 0) is 10.3 Å². The third-order valence-corrected chi connectivity index (χ3v) is 3.09. The molecule has 88 valence electrons. The van der Waals surface area contributed by atoms with Crippen molar-refractivity contribution in [1.82, 2.24) is 5.32 Å². The van der Waals surface area contributed by atoms with Crippen molar-refractivity contribution in [3.05, 3.63) is 34.9 Å². The molecule has 0 aliphatic rings. The van der Waals surface area contributed by atoms with E-state index in [0.29, 0.717) is 0 Å². The fourth-order valence-electron chi connectivity index (χ4n) is 1.88. The van der Waals surface area contributed by atoms with Gasteiger partial charge in [0.1, 0.15) is 5.88 Å². The molecule has 1 N–H and O–H groups in total. The lowest BCUT2D eigenvalue weighted by Crippen LogP contribution is -2.42. The second kappa shape index (κ2) is 4.88. The summed E-state index contributed by atoms with van der Waals surface area (Å²) in [5.74, 6) is -0.151. The molecule has 16 heavy (non-hydrogen) atoms. The molecule has 0 aliphatic carbocycles. The molecule has 0 saturated heterocycles. The Kier molecular flexibility index (Phi) is 3.98. The number of hydrogen-bond acceptors (Lipinski definition) is 1. The van der Waals surface area contributed by atoms with Crippen LogP contribution in [0.25, 0.3) is 0 Å². The number of hydrogen-bond donors (Lipinski definition) is 1. The molecule has 0 aliphatic heterocycles. The van der Waals surface area contributed by atoms with Crippen molar-refractivity contribution in [3.8, 4) is 0 Å². The number of aryl methyl sites for hydroxylation is 1. The van der Waals surface area contributed by atoms with E-state index in [0.717, 1.165) is 5.56 Å². The van der Waals surface area contributed by atoms with Crippen molar-refractivity contribution in [3.63, 3.8) is 0 Å². The first-order valence-electron chi connectivity index (χ1n) is 5.32. The standard InChI is InChI=1S/C13H18ClNO/c1-9-6-5-7-11(10(9)2)13(3,4)15-12(16)8-14/h5-7H,8H2,1-4H3,(H,15,16). The SMILES string of the molecule is Cc1cccc(C(C)(C)NC(=O)CCl)c1C. The summed E-state index contributed by atoms with van der Waals surface area (Å²) in [5, 5.41) is 2.92. The summed E-state index contributed by atoms with van der Waals surface area (Å²) in [5.41, 5.74) is 3.18. The molecule has 0 fully saturated rings. The lowest BCUT2D eigenvalue weighted by atomic mass is 9.88. The zero-order chi connectivity index (χ0) is 12.3. The average molecular weight is 240 g/mol. The summed E-state index contributed by atoms with van der Waals surface area (Å²) in [7, 11) is 0. The predicted molar refractivity (Wildman–Crippen MR) is 67.8 cm³/mol. The van der Waals surface area contributed by atoms with Gasteiger partial charge < -0.3 is 5.32 Å². The van der Waals surface area contributed by atoms with E-state index >= 15 is 0 Å². The third kappa shape index (κ3) is 2.76. The Bertz CT molecular complexity index is 399. The molecule has 1 amide bonds. The lowest BCUT2D eigenvalue weighted by Gasteiger charge is -2.29. The fourth-order valence-corrected chi connectivity index (χ4v) is 1.94. The lowest BCUT2D eigenvalue weighted by molar-refractivity contribution is -0.120. The van der Waals surface area contributed by atoms with Crippen molar-refractivity contribution in [1.29, 1.82) is 0 Å². The van der Waals surface area contributed by atoms with E-state index < -0.39 is 0 Å². The van der Waals surface area contributed by atoms with Crippen molar-refractivity contribution >= 4 is 17.5 Å². The molecule has 0 unspecified atom stereocenters. The van der Waals surface area contributed by atoms with E-state index in [2.05, 4.69) is 25.2 Å². The van der Waals surface area contributed by atoms with Gasteiger partial charge in [0.2, 0.25) is 5.91 Å². The molecule has 0 aromatic heterocycles. The Morgan fingerprint density at radius 1 is 1.38 bits per heavy atom. The van der Waals surface area contributed by atoms with E-state index in [1.54, 1.807) is 0 Å². The van der Waals surface area contributed by atoms with E-state index in [1.165, 1.54) is 11.1 Å². The van der Waals surface area contributed by atoms with Gasteiger partial charge in [0.05, 0.1) is 5.54 Å². The van der Waals surface area contributed by atoms with Crippen LogP contribution in [0.4, 0.5) is 0 Å². The van der Waals surface area contributed by atoms with Gasteiger partial charge in [-0.2, -0.15) is 0 Å². The summed E-state index contributed by atoms with van der Waals surface area (Å²) < 4.78 is 0. The van der Waals surface area contributed by atoms with Crippen LogP contribution in [0.3, 0.4) is 0 Å². The summed E-state index contributed by atoms with van der Waals surface area (Å²) in [6.45, 7) is 8.11. The molecule has 1 rings (SSSR count). The number of nitrogens with one attached hydrogen (secondary N) is 1. The minimum Gasteiger partial charge on any atom is -0.346 e. The van der Waals surface area contributed by atoms with E-state index in [-0.39, 0.29) is 17.3 Å². The maximum atomic E-state index is 11.4. The molecule has 1 aromatic carbocycles. The van der Waals surface area contributed by atoms with Crippen molar-refractivity contribution in [2.45, 2.75) is 33.2 Å². The first-order chi connectivity index (χ1) is 7.38. The molecule has 1 aromatic rings. The molecular weight excluding hydrogens is 222 g/mol. The largest absolute Gasteiger partial charge is 0.346 e. The molecule has 2 nitrogen and oxygen atoms in total. The topological polar surface area (TPSA) is 29.1 Å². The third-order valence-electron chi connectivity index (χ3n) is 2.85. The Morgan fingerprint density at radius 3 is 2.56 bits per heavy atom. The Balaban J connectivity index is 3.06. The molecular formula is C13H18ClNO. The highest BCUT2D eigenvalue weighted by Gasteiger charge is 2.24. The number of halogens is 1. The Morgan fingerprint density at radius 2 is 2.00 bits per heavy atom. The molecule has 3 heteroatoms. The van der Waals surface area contributed by atoms with Crippen LogP contribution in [0.2, 0.25) is 0 Å². The molecule has 0 saturated carbocycles. The zero-order valence-electron chi connectivity index (χ0n) is 10.2. The maximum absolute atomic E-state index is 11.4. The quantitative estimate of drug-likeness (QED) is 0.808. The Labute approximate surface area is 102 Å². The van der Waals surface area contributed by atoms with Crippen LogP contribution in [0.5, 0.6) is 0 Å². The van der Waals surface area contributed by atoms with E-state index in [1.807, 2.05) is 26.0 Å². The monoisotopic (exact) mass is 239 g/mol. The van der Waals surface area contributed by atoms with E-state index in [4.69, 9.17) is 11.6 Å². The smallest absolute Gasteiger partial charge is 0.235 e.